The van der Waals surface area contributed by atoms with Crippen LogP contribution in [0.5, 0.6) is 0 Å². The third-order valence-corrected chi connectivity index (χ3v) is 5.58. The number of rotatable bonds is 6. The highest BCUT2D eigenvalue weighted by atomic mass is 31.2. The number of carbonyl (C=O) groups excluding carboxylic acids is 1. The minimum atomic E-state index is -3.19. The minimum absolute atomic E-state index is 0.00364. The van der Waals surface area contributed by atoms with Crippen LogP contribution >= 0.6 is 7.60 Å². The first-order valence-electron chi connectivity index (χ1n) is 6.25. The van der Waals surface area contributed by atoms with Crippen LogP contribution in [-0.4, -0.2) is 26.2 Å². The molecule has 0 aliphatic heterocycles. The van der Waals surface area contributed by atoms with Crippen molar-refractivity contribution in [2.75, 3.05) is 20.4 Å². The predicted molar refractivity (Wildman–Crippen MR) is 67.2 cm³/mol. The zero-order valence-electron chi connectivity index (χ0n) is 11.0. The molecule has 1 aliphatic carbocycles. The summed E-state index contributed by atoms with van der Waals surface area (Å²) in [5, 5.41) is 0. The van der Waals surface area contributed by atoms with Gasteiger partial charge in [-0.15, -0.1) is 0 Å². The van der Waals surface area contributed by atoms with Crippen molar-refractivity contribution in [1.29, 1.82) is 0 Å². The first-order valence-corrected chi connectivity index (χ1v) is 7.98. The normalized spacial score (nSPS) is 20.2. The Bertz CT molecular complexity index is 289. The van der Waals surface area contributed by atoms with Gasteiger partial charge in [-0.2, -0.15) is 0 Å². The van der Waals surface area contributed by atoms with Crippen molar-refractivity contribution in [3.8, 4) is 0 Å². The van der Waals surface area contributed by atoms with Gasteiger partial charge >= 0.3 is 7.60 Å². The Balaban J connectivity index is 2.54. The third-order valence-electron chi connectivity index (χ3n) is 3.77. The molecular formula is C12H23O4P. The van der Waals surface area contributed by atoms with Crippen LogP contribution in [0.15, 0.2) is 0 Å². The summed E-state index contributed by atoms with van der Waals surface area (Å²) in [6, 6.07) is 0. The first kappa shape index (κ1) is 14.9. The highest BCUT2D eigenvalue weighted by Gasteiger charge is 2.32. The summed E-state index contributed by atoms with van der Waals surface area (Å²) in [7, 11) is -0.547. The van der Waals surface area contributed by atoms with Crippen molar-refractivity contribution in [2.24, 2.45) is 11.8 Å². The van der Waals surface area contributed by atoms with Crippen molar-refractivity contribution in [1.82, 2.24) is 0 Å². The maximum atomic E-state index is 12.0. The molecule has 0 radical (unpaired) electrons. The molecule has 0 heterocycles. The summed E-state index contributed by atoms with van der Waals surface area (Å²) in [5.41, 5.74) is 0. The lowest BCUT2D eigenvalue weighted by molar-refractivity contribution is -0.122. The maximum absolute atomic E-state index is 12.0. The molecule has 0 amide bonds. The molecule has 1 rings (SSSR count). The van der Waals surface area contributed by atoms with E-state index in [1.807, 2.05) is 6.92 Å². The largest absolute Gasteiger partial charge is 0.337 e. The van der Waals surface area contributed by atoms with Gasteiger partial charge in [-0.25, -0.2) is 0 Å². The van der Waals surface area contributed by atoms with Crippen LogP contribution in [0.1, 0.15) is 39.0 Å². The van der Waals surface area contributed by atoms with Crippen LogP contribution in [0.3, 0.4) is 0 Å². The summed E-state index contributed by atoms with van der Waals surface area (Å²) in [5.74, 6) is 0.413. The average molecular weight is 262 g/mol. The molecule has 0 aromatic carbocycles. The second kappa shape index (κ2) is 6.67. The Kier molecular flexibility index (Phi) is 5.84. The minimum Gasteiger partial charge on any atom is -0.312 e. The number of hydrogen-bond donors (Lipinski definition) is 0. The predicted octanol–water partition coefficient (Wildman–Crippen LogP) is 3.26. The molecule has 1 unspecified atom stereocenters. The molecule has 1 atom stereocenters. The van der Waals surface area contributed by atoms with E-state index in [9.17, 15) is 9.36 Å². The Labute approximate surface area is 104 Å². The topological polar surface area (TPSA) is 52.6 Å². The Morgan fingerprint density at radius 1 is 1.24 bits per heavy atom. The van der Waals surface area contributed by atoms with E-state index in [4.69, 9.17) is 9.05 Å². The second-order valence-electron chi connectivity index (χ2n) is 4.79. The second-order valence-corrected chi connectivity index (χ2v) is 7.06. The Morgan fingerprint density at radius 3 is 2.24 bits per heavy atom. The van der Waals surface area contributed by atoms with E-state index in [0.29, 0.717) is 5.92 Å². The first-order chi connectivity index (χ1) is 8.02. The molecule has 0 spiro atoms. The molecule has 0 saturated heterocycles. The van der Waals surface area contributed by atoms with Gasteiger partial charge < -0.3 is 9.05 Å². The number of ketones is 1. The summed E-state index contributed by atoms with van der Waals surface area (Å²) in [6.45, 7) is 1.94. The summed E-state index contributed by atoms with van der Waals surface area (Å²) in [6.07, 6.45) is 5.79. The van der Waals surface area contributed by atoms with Gasteiger partial charge in [0.25, 0.3) is 0 Å². The molecular weight excluding hydrogens is 239 g/mol. The number of Topliss-reactive ketones (excluding diaryl/α,β-unsaturated/α-hetero) is 1. The van der Waals surface area contributed by atoms with Gasteiger partial charge in [0.1, 0.15) is 11.9 Å². The van der Waals surface area contributed by atoms with Crippen molar-refractivity contribution in [3.05, 3.63) is 0 Å². The summed E-state index contributed by atoms with van der Waals surface area (Å²) >= 11 is 0. The van der Waals surface area contributed by atoms with E-state index in [1.54, 1.807) is 0 Å². The molecule has 0 aromatic rings. The quantitative estimate of drug-likeness (QED) is 0.689. The van der Waals surface area contributed by atoms with Crippen molar-refractivity contribution in [2.45, 2.75) is 39.0 Å². The fraction of sp³-hybridized carbons (Fsp3) is 0.917. The smallest absolute Gasteiger partial charge is 0.312 e. The molecule has 1 saturated carbocycles. The molecule has 1 fully saturated rings. The van der Waals surface area contributed by atoms with Crippen LogP contribution in [0, 0.1) is 11.8 Å². The maximum Gasteiger partial charge on any atom is 0.337 e. The average Bonchev–Trinajstić information content (AvgIpc) is 2.38. The van der Waals surface area contributed by atoms with Gasteiger partial charge in [-0.1, -0.05) is 26.2 Å². The molecule has 100 valence electrons. The number of hydrogen-bond acceptors (Lipinski definition) is 4. The zero-order chi connectivity index (χ0) is 12.9. The van der Waals surface area contributed by atoms with E-state index in [0.717, 1.165) is 12.8 Å². The van der Waals surface area contributed by atoms with E-state index in [1.165, 1.54) is 33.5 Å². The molecule has 0 bridgehead atoms. The van der Waals surface area contributed by atoms with E-state index < -0.39 is 7.60 Å². The molecule has 1 aliphatic rings. The zero-order valence-corrected chi connectivity index (χ0v) is 11.9. The third kappa shape index (κ3) is 4.20. The van der Waals surface area contributed by atoms with Gasteiger partial charge in [0.2, 0.25) is 0 Å². The summed E-state index contributed by atoms with van der Waals surface area (Å²) in [4.78, 5) is 12.0. The van der Waals surface area contributed by atoms with Crippen LogP contribution in [0.2, 0.25) is 0 Å². The van der Waals surface area contributed by atoms with Gasteiger partial charge in [-0.3, -0.25) is 9.36 Å². The fourth-order valence-electron chi connectivity index (χ4n) is 2.44. The fourth-order valence-corrected chi connectivity index (χ4v) is 3.51. The Hall–Kier alpha value is -0.180. The van der Waals surface area contributed by atoms with Crippen LogP contribution < -0.4 is 0 Å². The van der Waals surface area contributed by atoms with E-state index >= 15 is 0 Å². The van der Waals surface area contributed by atoms with Crippen molar-refractivity contribution < 1.29 is 18.4 Å². The highest BCUT2D eigenvalue weighted by Crippen LogP contribution is 2.47. The standard InChI is InChI=1S/C12H23O4P/c1-10(11-7-5-4-6-8-11)12(13)9-17(14,15-2)16-3/h10-11H,4-9H2,1-3H3. The van der Waals surface area contributed by atoms with Crippen LogP contribution in [-0.2, 0) is 18.4 Å². The van der Waals surface area contributed by atoms with Gasteiger partial charge in [0.15, 0.2) is 0 Å². The Morgan fingerprint density at radius 2 is 1.76 bits per heavy atom. The number of carbonyl (C=O) groups is 1. The van der Waals surface area contributed by atoms with Gasteiger partial charge in [0, 0.05) is 20.1 Å². The lowest BCUT2D eigenvalue weighted by Crippen LogP contribution is -2.25. The molecule has 0 aromatic heterocycles. The highest BCUT2D eigenvalue weighted by molar-refractivity contribution is 7.54. The van der Waals surface area contributed by atoms with Crippen LogP contribution in [0.25, 0.3) is 0 Å². The van der Waals surface area contributed by atoms with Crippen LogP contribution in [0.4, 0.5) is 0 Å². The van der Waals surface area contributed by atoms with Crippen molar-refractivity contribution in [3.63, 3.8) is 0 Å². The monoisotopic (exact) mass is 262 g/mol. The van der Waals surface area contributed by atoms with Crippen molar-refractivity contribution >= 4 is 13.4 Å². The molecule has 17 heavy (non-hydrogen) atoms. The lowest BCUT2D eigenvalue weighted by Gasteiger charge is -2.27. The van der Waals surface area contributed by atoms with Gasteiger partial charge in [0.05, 0.1) is 0 Å². The lowest BCUT2D eigenvalue weighted by atomic mass is 9.79. The molecule has 5 heteroatoms. The molecule has 0 N–H and O–H groups in total. The van der Waals surface area contributed by atoms with E-state index in [-0.39, 0.29) is 17.9 Å². The van der Waals surface area contributed by atoms with E-state index in [2.05, 4.69) is 0 Å². The molecule has 4 nitrogen and oxygen atoms in total. The summed E-state index contributed by atoms with van der Waals surface area (Å²) < 4.78 is 21.5. The SMILES string of the molecule is COP(=O)(CC(=O)C(C)C1CCCCC1)OC. The van der Waals surface area contributed by atoms with Gasteiger partial charge in [-0.05, 0) is 18.8 Å².